The van der Waals surface area contributed by atoms with Crippen LogP contribution in [0.2, 0.25) is 0 Å². The van der Waals surface area contributed by atoms with Crippen LogP contribution >= 0.6 is 0 Å². The third-order valence-electron chi connectivity index (χ3n) is 2.62. The molecular weight excluding hydrogens is 212 g/mol. The number of pyridine rings is 3. The number of nitrogen functional groups attached to an aromatic ring is 1. The number of hydrogen-bond donors (Lipinski definition) is 1. The van der Waals surface area contributed by atoms with Crippen molar-refractivity contribution in [2.45, 2.75) is 0 Å². The molecule has 3 aromatic rings. The maximum atomic E-state index is 6.01. The van der Waals surface area contributed by atoms with Crippen LogP contribution in [0.1, 0.15) is 0 Å². The normalized spacial score (nSPS) is 10.6. The van der Waals surface area contributed by atoms with Crippen molar-refractivity contribution in [3.05, 3.63) is 49.1 Å². The van der Waals surface area contributed by atoms with E-state index in [9.17, 15) is 0 Å². The molecular formula is C13H10N4. The second-order valence-corrected chi connectivity index (χ2v) is 3.73. The molecule has 3 aromatic heterocycles. The van der Waals surface area contributed by atoms with Gasteiger partial charge in [-0.1, -0.05) is 0 Å². The minimum absolute atomic E-state index is 0.712. The highest BCUT2D eigenvalue weighted by atomic mass is 14.8. The third kappa shape index (κ3) is 1.69. The average molecular weight is 222 g/mol. The molecule has 0 amide bonds. The first-order chi connectivity index (χ1) is 8.34. The van der Waals surface area contributed by atoms with Crippen molar-refractivity contribution in [1.29, 1.82) is 0 Å². The Kier molecular flexibility index (Phi) is 2.19. The Balaban J connectivity index is 2.26. The third-order valence-corrected chi connectivity index (χ3v) is 2.62. The van der Waals surface area contributed by atoms with Crippen LogP contribution < -0.4 is 5.73 Å². The van der Waals surface area contributed by atoms with Gasteiger partial charge in [0.2, 0.25) is 0 Å². The lowest BCUT2D eigenvalue weighted by molar-refractivity contribution is 1.29. The van der Waals surface area contributed by atoms with Crippen molar-refractivity contribution in [2.24, 2.45) is 0 Å². The zero-order chi connectivity index (χ0) is 11.7. The van der Waals surface area contributed by atoms with E-state index in [4.69, 9.17) is 5.73 Å². The summed E-state index contributed by atoms with van der Waals surface area (Å²) in [6.07, 6.45) is 6.91. The van der Waals surface area contributed by atoms with Crippen molar-refractivity contribution in [3.8, 4) is 11.3 Å². The summed E-state index contributed by atoms with van der Waals surface area (Å²) in [5.74, 6) is 0. The minimum Gasteiger partial charge on any atom is -0.398 e. The van der Waals surface area contributed by atoms with Crippen molar-refractivity contribution >= 4 is 16.6 Å². The zero-order valence-corrected chi connectivity index (χ0v) is 9.04. The largest absolute Gasteiger partial charge is 0.398 e. The first kappa shape index (κ1) is 9.72. The number of anilines is 1. The van der Waals surface area contributed by atoms with E-state index < -0.39 is 0 Å². The van der Waals surface area contributed by atoms with Crippen molar-refractivity contribution in [2.75, 3.05) is 5.73 Å². The Hall–Kier alpha value is -2.49. The van der Waals surface area contributed by atoms with Gasteiger partial charge in [0.25, 0.3) is 0 Å². The van der Waals surface area contributed by atoms with E-state index in [1.165, 1.54) is 0 Å². The molecule has 82 valence electrons. The molecule has 0 saturated heterocycles. The number of nitrogens with zero attached hydrogens (tertiary/aromatic N) is 3. The molecule has 0 saturated carbocycles. The van der Waals surface area contributed by atoms with Crippen LogP contribution in [0.4, 0.5) is 5.69 Å². The Morgan fingerprint density at radius 3 is 2.53 bits per heavy atom. The van der Waals surface area contributed by atoms with Crippen molar-refractivity contribution in [1.82, 2.24) is 15.0 Å². The highest BCUT2D eigenvalue weighted by Gasteiger charge is 2.04. The molecule has 0 atom stereocenters. The smallest absolute Gasteiger partial charge is 0.0913 e. The minimum atomic E-state index is 0.712. The summed E-state index contributed by atoms with van der Waals surface area (Å²) >= 11 is 0. The van der Waals surface area contributed by atoms with Gasteiger partial charge in [0, 0.05) is 35.2 Å². The first-order valence-corrected chi connectivity index (χ1v) is 5.25. The van der Waals surface area contributed by atoms with E-state index in [2.05, 4.69) is 15.0 Å². The van der Waals surface area contributed by atoms with E-state index >= 15 is 0 Å². The molecule has 3 heterocycles. The molecule has 4 heteroatoms. The maximum absolute atomic E-state index is 6.01. The molecule has 0 aliphatic carbocycles. The van der Waals surface area contributed by atoms with Crippen LogP contribution in [0, 0.1) is 0 Å². The summed E-state index contributed by atoms with van der Waals surface area (Å²) in [4.78, 5) is 12.6. The SMILES string of the molecule is Nc1cc(-c2ccncc2)nc2cnccc12. The fourth-order valence-electron chi connectivity index (χ4n) is 1.78. The number of rotatable bonds is 1. The molecule has 3 rings (SSSR count). The average Bonchev–Trinajstić information content (AvgIpc) is 2.40. The van der Waals surface area contributed by atoms with Gasteiger partial charge < -0.3 is 5.73 Å². The quantitative estimate of drug-likeness (QED) is 0.686. The Morgan fingerprint density at radius 2 is 1.71 bits per heavy atom. The monoisotopic (exact) mass is 222 g/mol. The summed E-state index contributed by atoms with van der Waals surface area (Å²) in [5, 5.41) is 0.929. The van der Waals surface area contributed by atoms with Gasteiger partial charge in [-0.25, -0.2) is 4.98 Å². The Bertz CT molecular complexity index is 665. The number of fused-ring (bicyclic) bond motifs is 1. The van der Waals surface area contributed by atoms with E-state index in [1.54, 1.807) is 24.8 Å². The number of hydrogen-bond acceptors (Lipinski definition) is 4. The number of aromatic nitrogens is 3. The maximum Gasteiger partial charge on any atom is 0.0913 e. The van der Waals surface area contributed by atoms with Crippen LogP contribution in [-0.4, -0.2) is 15.0 Å². The van der Waals surface area contributed by atoms with Gasteiger partial charge in [0.1, 0.15) is 0 Å². The van der Waals surface area contributed by atoms with Gasteiger partial charge >= 0.3 is 0 Å². The van der Waals surface area contributed by atoms with Crippen LogP contribution in [0.3, 0.4) is 0 Å². The molecule has 0 fully saturated rings. The van der Waals surface area contributed by atoms with Gasteiger partial charge in [-0.3, -0.25) is 9.97 Å². The summed E-state index contributed by atoms with van der Waals surface area (Å²) in [6.45, 7) is 0. The molecule has 4 nitrogen and oxygen atoms in total. The lowest BCUT2D eigenvalue weighted by Gasteiger charge is -2.05. The van der Waals surface area contributed by atoms with Crippen LogP contribution in [-0.2, 0) is 0 Å². The molecule has 0 radical (unpaired) electrons. The topological polar surface area (TPSA) is 64.7 Å². The van der Waals surface area contributed by atoms with Crippen LogP contribution in [0.25, 0.3) is 22.2 Å². The fourth-order valence-corrected chi connectivity index (χ4v) is 1.78. The summed E-state index contributed by atoms with van der Waals surface area (Å²) in [5.41, 5.74) is 9.36. The Labute approximate surface area is 98.2 Å². The van der Waals surface area contributed by atoms with Crippen molar-refractivity contribution < 1.29 is 0 Å². The predicted octanol–water partition coefficient (Wildman–Crippen LogP) is 2.27. The molecule has 0 aliphatic rings. The zero-order valence-electron chi connectivity index (χ0n) is 9.04. The lowest BCUT2D eigenvalue weighted by Crippen LogP contribution is -1.93. The molecule has 0 unspecified atom stereocenters. The van der Waals surface area contributed by atoms with E-state index in [-0.39, 0.29) is 0 Å². The highest BCUT2D eigenvalue weighted by Crippen LogP contribution is 2.24. The van der Waals surface area contributed by atoms with Gasteiger partial charge in [-0.15, -0.1) is 0 Å². The van der Waals surface area contributed by atoms with Gasteiger partial charge in [-0.2, -0.15) is 0 Å². The fraction of sp³-hybridized carbons (Fsp3) is 0. The molecule has 0 aromatic carbocycles. The predicted molar refractivity (Wildman–Crippen MR) is 67.2 cm³/mol. The molecule has 0 bridgehead atoms. The van der Waals surface area contributed by atoms with Crippen molar-refractivity contribution in [3.63, 3.8) is 0 Å². The number of nitrogens with two attached hydrogens (primary N) is 1. The standard InChI is InChI=1S/C13H10N4/c14-11-7-12(9-1-4-15-5-2-9)17-13-8-16-6-3-10(11)13/h1-8H,(H2,14,17). The van der Waals surface area contributed by atoms with Gasteiger partial charge in [-0.05, 0) is 24.3 Å². The van der Waals surface area contributed by atoms with Gasteiger partial charge in [0.15, 0.2) is 0 Å². The first-order valence-electron chi connectivity index (χ1n) is 5.25. The summed E-state index contributed by atoms with van der Waals surface area (Å²) < 4.78 is 0. The highest BCUT2D eigenvalue weighted by molar-refractivity contribution is 5.91. The molecule has 0 spiro atoms. The van der Waals surface area contributed by atoms with Gasteiger partial charge in [0.05, 0.1) is 17.4 Å². The molecule has 0 aliphatic heterocycles. The summed E-state index contributed by atoms with van der Waals surface area (Å²) in [7, 11) is 0. The second-order valence-electron chi connectivity index (χ2n) is 3.73. The lowest BCUT2D eigenvalue weighted by atomic mass is 10.1. The van der Waals surface area contributed by atoms with Crippen LogP contribution in [0.5, 0.6) is 0 Å². The Morgan fingerprint density at radius 1 is 0.941 bits per heavy atom. The molecule has 2 N–H and O–H groups in total. The van der Waals surface area contributed by atoms with E-state index in [0.717, 1.165) is 22.2 Å². The molecule has 17 heavy (non-hydrogen) atoms. The van der Waals surface area contributed by atoms with Crippen LogP contribution in [0.15, 0.2) is 49.1 Å². The van der Waals surface area contributed by atoms with E-state index in [1.807, 2.05) is 24.3 Å². The van der Waals surface area contributed by atoms with E-state index in [0.29, 0.717) is 5.69 Å². The summed E-state index contributed by atoms with van der Waals surface area (Å²) in [6, 6.07) is 7.56. The second kappa shape index (κ2) is 3.83.